The second-order valence-corrected chi connectivity index (χ2v) is 15.3. The summed E-state index contributed by atoms with van der Waals surface area (Å²) in [5.41, 5.74) is 7.00. The van der Waals surface area contributed by atoms with Gasteiger partial charge < -0.3 is 34.6 Å². The second kappa shape index (κ2) is 16.1. The first-order chi connectivity index (χ1) is 28.3. The number of nitrogens with zero attached hydrogens (tertiary/aromatic N) is 6. The maximum atomic E-state index is 13.7. The number of hydrogen-bond donors (Lipinski definition) is 2. The SMILES string of the molecule is CC(C)NC(=O)C1CN(Cc2ccc(-n3cc(C4CC(NC(=O)C5CN(Cc6ccc(-n7cccn7)cc6)c6ccccc6O5)CO4)cn3)cc2)c2ccccc2O1. The third kappa shape index (κ3) is 7.98. The minimum absolute atomic E-state index is 0.0303. The Bertz CT molecular complexity index is 2360. The van der Waals surface area contributed by atoms with Gasteiger partial charge in [-0.1, -0.05) is 48.5 Å². The van der Waals surface area contributed by atoms with Gasteiger partial charge in [-0.15, -0.1) is 0 Å². The molecule has 6 aromatic rings. The highest BCUT2D eigenvalue weighted by Gasteiger charge is 2.35. The summed E-state index contributed by atoms with van der Waals surface area (Å²) < 4.78 is 22.2. The molecule has 1 saturated heterocycles. The van der Waals surface area contributed by atoms with Crippen molar-refractivity contribution in [1.29, 1.82) is 0 Å². The van der Waals surface area contributed by atoms with E-state index in [0.29, 0.717) is 50.7 Å². The van der Waals surface area contributed by atoms with Crippen molar-refractivity contribution >= 4 is 23.2 Å². The van der Waals surface area contributed by atoms with Gasteiger partial charge in [-0.25, -0.2) is 9.36 Å². The molecule has 2 N–H and O–H groups in total. The molecule has 4 atom stereocenters. The first-order valence-electron chi connectivity index (χ1n) is 19.8. The van der Waals surface area contributed by atoms with E-state index in [-0.39, 0.29) is 30.0 Å². The molecular formula is C45H46N8O5. The number of carbonyl (C=O) groups is 2. The van der Waals surface area contributed by atoms with Crippen LogP contribution in [0.1, 0.15) is 43.1 Å². The smallest absolute Gasteiger partial charge is 0.263 e. The standard InChI is InChI=1S/C45H46N8O5/c1-30(2)48-44(54)42-27-50(37-8-3-5-10-39(37)57-42)25-32-14-18-36(19-15-32)53-26-33(23-47-53)41-22-34(29-56-41)49-45(55)43-28-51(38-9-4-6-11-40(38)58-43)24-31-12-16-35(17-13-31)52-21-7-20-46-52/h3-21,23,26,30,34,41-43H,22,24-25,27-29H2,1-2H3,(H,48,54)(H,49,55). The molecule has 1 fully saturated rings. The molecule has 0 bridgehead atoms. The largest absolute Gasteiger partial charge is 0.477 e. The number of benzene rings is 4. The minimum atomic E-state index is -0.674. The molecule has 3 aliphatic heterocycles. The van der Waals surface area contributed by atoms with Gasteiger partial charge in [0.1, 0.15) is 11.5 Å². The zero-order valence-electron chi connectivity index (χ0n) is 32.5. The Kier molecular flexibility index (Phi) is 10.3. The van der Waals surface area contributed by atoms with E-state index < -0.39 is 12.2 Å². The summed E-state index contributed by atoms with van der Waals surface area (Å²) in [5, 5.41) is 15.1. The van der Waals surface area contributed by atoms with E-state index in [1.165, 1.54) is 0 Å². The van der Waals surface area contributed by atoms with Crippen molar-refractivity contribution in [3.8, 4) is 22.9 Å². The highest BCUT2D eigenvalue weighted by atomic mass is 16.5. The normalized spacial score (nSPS) is 19.8. The predicted octanol–water partition coefficient (Wildman–Crippen LogP) is 5.76. The second-order valence-electron chi connectivity index (χ2n) is 15.3. The lowest BCUT2D eigenvalue weighted by atomic mass is 10.1. The van der Waals surface area contributed by atoms with E-state index in [1.54, 1.807) is 6.20 Å². The van der Waals surface area contributed by atoms with Crippen LogP contribution >= 0.6 is 0 Å². The van der Waals surface area contributed by atoms with Crippen molar-refractivity contribution in [2.24, 2.45) is 0 Å². The monoisotopic (exact) mass is 778 g/mol. The molecular weight excluding hydrogens is 733 g/mol. The first kappa shape index (κ1) is 37.0. The van der Waals surface area contributed by atoms with Crippen LogP contribution in [0.2, 0.25) is 0 Å². The van der Waals surface area contributed by atoms with Crippen LogP contribution in [-0.4, -0.2) is 75.4 Å². The average Bonchev–Trinajstić information content (AvgIpc) is 4.05. The van der Waals surface area contributed by atoms with Gasteiger partial charge in [0.05, 0.1) is 60.8 Å². The molecule has 0 aliphatic carbocycles. The topological polar surface area (TPSA) is 128 Å². The number of hydrogen-bond acceptors (Lipinski definition) is 9. The number of para-hydroxylation sites is 4. The molecule has 5 heterocycles. The van der Waals surface area contributed by atoms with Gasteiger partial charge in [0.25, 0.3) is 11.8 Å². The summed E-state index contributed by atoms with van der Waals surface area (Å²) in [6, 6.07) is 34.0. The fraction of sp³-hybridized carbons (Fsp3) is 0.289. The highest BCUT2D eigenvalue weighted by Crippen LogP contribution is 2.36. The Balaban J connectivity index is 0.805. The number of nitrogens with one attached hydrogen (secondary N) is 2. The maximum absolute atomic E-state index is 13.7. The third-order valence-electron chi connectivity index (χ3n) is 10.7. The van der Waals surface area contributed by atoms with Crippen molar-refractivity contribution in [3.05, 3.63) is 145 Å². The number of ether oxygens (including phenoxy) is 3. The number of aromatic nitrogens is 4. The number of anilines is 2. The molecule has 4 unspecified atom stereocenters. The van der Waals surface area contributed by atoms with Gasteiger partial charge in [-0.2, -0.15) is 10.2 Å². The Labute approximate surface area is 337 Å². The number of carbonyl (C=O) groups excluding carboxylic acids is 2. The Morgan fingerprint density at radius 3 is 1.90 bits per heavy atom. The van der Waals surface area contributed by atoms with Crippen molar-refractivity contribution in [2.75, 3.05) is 29.5 Å². The minimum Gasteiger partial charge on any atom is -0.477 e. The molecule has 58 heavy (non-hydrogen) atoms. The molecule has 296 valence electrons. The van der Waals surface area contributed by atoms with Crippen LogP contribution in [0.4, 0.5) is 11.4 Å². The van der Waals surface area contributed by atoms with Crippen LogP contribution in [0.5, 0.6) is 11.5 Å². The summed E-state index contributed by atoms with van der Waals surface area (Å²) in [6.45, 7) is 6.41. The van der Waals surface area contributed by atoms with E-state index in [2.05, 4.69) is 67.0 Å². The lowest BCUT2D eigenvalue weighted by molar-refractivity contribution is -0.129. The summed E-state index contributed by atoms with van der Waals surface area (Å²) >= 11 is 0. The Morgan fingerprint density at radius 2 is 1.31 bits per heavy atom. The Hall–Kier alpha value is -6.60. The predicted molar refractivity (Wildman–Crippen MR) is 219 cm³/mol. The Morgan fingerprint density at radius 1 is 0.724 bits per heavy atom. The molecule has 0 radical (unpaired) electrons. The van der Waals surface area contributed by atoms with Gasteiger partial charge in [-0.3, -0.25) is 9.59 Å². The molecule has 4 aromatic carbocycles. The van der Waals surface area contributed by atoms with Gasteiger partial charge in [0.15, 0.2) is 12.2 Å². The zero-order valence-corrected chi connectivity index (χ0v) is 32.5. The fourth-order valence-electron chi connectivity index (χ4n) is 7.83. The van der Waals surface area contributed by atoms with E-state index in [0.717, 1.165) is 39.4 Å². The summed E-state index contributed by atoms with van der Waals surface area (Å²) in [5.74, 6) is 1.12. The van der Waals surface area contributed by atoms with Crippen molar-refractivity contribution in [2.45, 2.75) is 63.8 Å². The lowest BCUT2D eigenvalue weighted by Crippen LogP contribution is -2.51. The van der Waals surface area contributed by atoms with Crippen LogP contribution in [0.15, 0.2) is 128 Å². The fourth-order valence-corrected chi connectivity index (χ4v) is 7.83. The maximum Gasteiger partial charge on any atom is 0.263 e. The van der Waals surface area contributed by atoms with E-state index in [9.17, 15) is 9.59 Å². The molecule has 9 rings (SSSR count). The summed E-state index contributed by atoms with van der Waals surface area (Å²) in [7, 11) is 0. The quantitative estimate of drug-likeness (QED) is 0.169. The molecule has 13 heteroatoms. The summed E-state index contributed by atoms with van der Waals surface area (Å²) in [4.78, 5) is 31.0. The van der Waals surface area contributed by atoms with Gasteiger partial charge >= 0.3 is 0 Å². The van der Waals surface area contributed by atoms with E-state index in [1.807, 2.05) is 109 Å². The highest BCUT2D eigenvalue weighted by molar-refractivity contribution is 5.84. The lowest BCUT2D eigenvalue weighted by Gasteiger charge is -2.36. The van der Waals surface area contributed by atoms with E-state index in [4.69, 9.17) is 14.2 Å². The van der Waals surface area contributed by atoms with Crippen LogP contribution in [0, 0.1) is 0 Å². The molecule has 0 spiro atoms. The number of rotatable bonds is 11. The average molecular weight is 779 g/mol. The van der Waals surface area contributed by atoms with Crippen LogP contribution in [-0.2, 0) is 27.4 Å². The van der Waals surface area contributed by atoms with Crippen molar-refractivity contribution < 1.29 is 23.8 Å². The molecule has 13 nitrogen and oxygen atoms in total. The van der Waals surface area contributed by atoms with Gasteiger partial charge in [0.2, 0.25) is 0 Å². The van der Waals surface area contributed by atoms with Crippen LogP contribution in [0.3, 0.4) is 0 Å². The molecule has 0 saturated carbocycles. The number of amides is 2. The van der Waals surface area contributed by atoms with Crippen molar-refractivity contribution in [1.82, 2.24) is 30.2 Å². The van der Waals surface area contributed by atoms with Crippen LogP contribution < -0.4 is 29.9 Å². The molecule has 2 amide bonds. The van der Waals surface area contributed by atoms with Crippen molar-refractivity contribution in [3.63, 3.8) is 0 Å². The summed E-state index contributed by atoms with van der Waals surface area (Å²) in [6.07, 6.45) is 6.66. The van der Waals surface area contributed by atoms with Gasteiger partial charge in [-0.05, 0) is 79.6 Å². The first-order valence-corrected chi connectivity index (χ1v) is 19.8. The van der Waals surface area contributed by atoms with Gasteiger partial charge in [0, 0.05) is 49.7 Å². The molecule has 3 aliphatic rings. The molecule has 2 aromatic heterocycles. The zero-order chi connectivity index (χ0) is 39.6. The van der Waals surface area contributed by atoms with Crippen LogP contribution in [0.25, 0.3) is 11.4 Å². The number of fused-ring (bicyclic) bond motifs is 2. The third-order valence-corrected chi connectivity index (χ3v) is 10.7. The van der Waals surface area contributed by atoms with E-state index >= 15 is 0 Å².